The van der Waals surface area contributed by atoms with E-state index in [1.807, 2.05) is 0 Å². The van der Waals surface area contributed by atoms with Crippen LogP contribution < -0.4 is 4.74 Å². The van der Waals surface area contributed by atoms with Crippen LogP contribution in [-0.2, 0) is 0 Å². The molecule has 1 unspecified atom stereocenters. The number of hydrogen-bond donors (Lipinski definition) is 0. The second kappa shape index (κ2) is 7.77. The lowest BCUT2D eigenvalue weighted by Crippen LogP contribution is -1.93. The lowest BCUT2D eigenvalue weighted by molar-refractivity contribution is 0.439. The van der Waals surface area contributed by atoms with Crippen LogP contribution in [0.25, 0.3) is 0 Å². The largest absolute Gasteiger partial charge is 0.456 e. The van der Waals surface area contributed by atoms with Gasteiger partial charge in [-0.1, -0.05) is 17.9 Å². The fourth-order valence-corrected chi connectivity index (χ4v) is 2.16. The third-order valence-electron chi connectivity index (χ3n) is 3.29. The summed E-state index contributed by atoms with van der Waals surface area (Å²) in [5.74, 6) is 6.90. The highest BCUT2D eigenvalue weighted by Crippen LogP contribution is 2.18. The van der Waals surface area contributed by atoms with E-state index < -0.39 is 6.17 Å². The fraction of sp³-hybridized carbons (Fsp3) is 0.0476. The highest BCUT2D eigenvalue weighted by atomic mass is 19.1. The van der Waals surface area contributed by atoms with Gasteiger partial charge in [-0.05, 0) is 54.6 Å². The molecule has 25 heavy (non-hydrogen) atoms. The molecule has 1 aliphatic carbocycles. The molecule has 3 nitrogen and oxygen atoms in total. The minimum atomic E-state index is -1.25. The van der Waals surface area contributed by atoms with Gasteiger partial charge < -0.3 is 4.74 Å². The van der Waals surface area contributed by atoms with Crippen LogP contribution >= 0.6 is 0 Å². The monoisotopic (exact) mass is 328 g/mol. The Morgan fingerprint density at radius 2 is 2.00 bits per heavy atom. The van der Waals surface area contributed by atoms with Gasteiger partial charge in [0, 0.05) is 17.3 Å². The number of ether oxygens (including phenoxy) is 1. The van der Waals surface area contributed by atoms with Crippen LogP contribution in [0.15, 0.2) is 84.4 Å². The van der Waals surface area contributed by atoms with E-state index in [1.54, 1.807) is 60.9 Å². The SMILES string of the molecule is N#Cc1cccc(C#CC2=CC(F)C=CC(Oc3cccnc3)=C2)c1. The van der Waals surface area contributed by atoms with Gasteiger partial charge in [-0.15, -0.1) is 0 Å². The molecule has 1 heterocycles. The first-order chi connectivity index (χ1) is 12.2. The van der Waals surface area contributed by atoms with Gasteiger partial charge in [0.1, 0.15) is 17.7 Å². The van der Waals surface area contributed by atoms with Gasteiger partial charge in [0.05, 0.1) is 17.8 Å². The highest BCUT2D eigenvalue weighted by Gasteiger charge is 2.07. The smallest absolute Gasteiger partial charge is 0.145 e. The molecule has 2 aromatic rings. The number of benzene rings is 1. The van der Waals surface area contributed by atoms with E-state index in [1.165, 1.54) is 12.2 Å². The Bertz CT molecular complexity index is 957. The number of hydrogen-bond acceptors (Lipinski definition) is 3. The first-order valence-corrected chi connectivity index (χ1v) is 7.59. The molecule has 3 rings (SSSR count). The maximum Gasteiger partial charge on any atom is 0.145 e. The molecule has 0 radical (unpaired) electrons. The zero-order chi connectivity index (χ0) is 17.5. The average molecular weight is 328 g/mol. The molecule has 0 spiro atoms. The normalized spacial score (nSPS) is 15.8. The minimum absolute atomic E-state index is 0.472. The molecule has 120 valence electrons. The summed E-state index contributed by atoms with van der Waals surface area (Å²) < 4.78 is 19.6. The van der Waals surface area contributed by atoms with Crippen molar-refractivity contribution in [2.24, 2.45) is 0 Å². The van der Waals surface area contributed by atoms with Crippen LogP contribution in [-0.4, -0.2) is 11.2 Å². The van der Waals surface area contributed by atoms with E-state index in [2.05, 4.69) is 22.9 Å². The van der Waals surface area contributed by atoms with E-state index in [9.17, 15) is 4.39 Å². The summed E-state index contributed by atoms with van der Waals surface area (Å²) >= 11 is 0. The first kappa shape index (κ1) is 16.2. The van der Waals surface area contributed by atoms with E-state index in [0.717, 1.165) is 0 Å². The molecule has 0 fully saturated rings. The van der Waals surface area contributed by atoms with Crippen molar-refractivity contribution in [1.82, 2.24) is 4.98 Å². The lowest BCUT2D eigenvalue weighted by atomic mass is 10.1. The number of aromatic nitrogens is 1. The predicted octanol–water partition coefficient (Wildman–Crippen LogP) is 4.10. The second-order valence-electron chi connectivity index (χ2n) is 5.21. The number of nitrogens with zero attached hydrogens (tertiary/aromatic N) is 2. The molecular weight excluding hydrogens is 315 g/mol. The molecule has 0 aliphatic heterocycles. The number of allylic oxidation sites excluding steroid dienone is 5. The Hall–Kier alpha value is -3.63. The Kier molecular flexibility index (Phi) is 5.04. The van der Waals surface area contributed by atoms with Crippen LogP contribution in [0.3, 0.4) is 0 Å². The third-order valence-corrected chi connectivity index (χ3v) is 3.29. The van der Waals surface area contributed by atoms with E-state index in [0.29, 0.717) is 28.2 Å². The highest BCUT2D eigenvalue weighted by molar-refractivity contribution is 5.50. The Labute approximate surface area is 145 Å². The maximum absolute atomic E-state index is 13.9. The summed E-state index contributed by atoms with van der Waals surface area (Å²) in [4.78, 5) is 3.98. The van der Waals surface area contributed by atoms with Crippen LogP contribution in [0, 0.1) is 23.2 Å². The van der Waals surface area contributed by atoms with Crippen LogP contribution in [0.4, 0.5) is 4.39 Å². The molecule has 1 atom stereocenters. The van der Waals surface area contributed by atoms with Crippen molar-refractivity contribution in [2.45, 2.75) is 6.17 Å². The van der Waals surface area contributed by atoms with Crippen molar-refractivity contribution in [2.75, 3.05) is 0 Å². The van der Waals surface area contributed by atoms with Gasteiger partial charge in [-0.3, -0.25) is 4.98 Å². The molecule has 1 aromatic carbocycles. The van der Waals surface area contributed by atoms with Crippen molar-refractivity contribution in [3.05, 3.63) is 95.6 Å². The summed E-state index contributed by atoms with van der Waals surface area (Å²) in [6, 6.07) is 12.5. The van der Waals surface area contributed by atoms with Gasteiger partial charge >= 0.3 is 0 Å². The third kappa shape index (κ3) is 4.67. The Balaban J connectivity index is 1.85. The van der Waals surface area contributed by atoms with Crippen molar-refractivity contribution in [1.29, 1.82) is 5.26 Å². The molecule has 4 heteroatoms. The Morgan fingerprint density at radius 3 is 2.80 bits per heavy atom. The quantitative estimate of drug-likeness (QED) is 0.780. The number of rotatable bonds is 2. The first-order valence-electron chi connectivity index (χ1n) is 7.59. The topological polar surface area (TPSA) is 45.9 Å². The molecule has 1 aromatic heterocycles. The van der Waals surface area contributed by atoms with E-state index >= 15 is 0 Å². The molecule has 0 saturated carbocycles. The summed E-state index contributed by atoms with van der Waals surface area (Å²) in [5, 5.41) is 8.93. The second-order valence-corrected chi connectivity index (χ2v) is 5.21. The van der Waals surface area contributed by atoms with Crippen molar-refractivity contribution in [3.63, 3.8) is 0 Å². The van der Waals surface area contributed by atoms with Gasteiger partial charge in [0.15, 0.2) is 0 Å². The van der Waals surface area contributed by atoms with Gasteiger partial charge in [-0.2, -0.15) is 5.26 Å². The van der Waals surface area contributed by atoms with Crippen LogP contribution in [0.2, 0.25) is 0 Å². The number of pyridine rings is 1. The van der Waals surface area contributed by atoms with Crippen LogP contribution in [0.5, 0.6) is 5.75 Å². The average Bonchev–Trinajstić information content (AvgIpc) is 2.82. The molecule has 1 aliphatic rings. The van der Waals surface area contributed by atoms with Crippen LogP contribution in [0.1, 0.15) is 11.1 Å². The number of nitriles is 1. The number of halogens is 1. The van der Waals surface area contributed by atoms with Gasteiger partial charge in [0.25, 0.3) is 0 Å². The fourth-order valence-electron chi connectivity index (χ4n) is 2.16. The molecule has 0 saturated heterocycles. The molecule has 0 N–H and O–H groups in total. The zero-order valence-corrected chi connectivity index (χ0v) is 13.2. The predicted molar refractivity (Wildman–Crippen MR) is 93.1 cm³/mol. The molecule has 0 amide bonds. The maximum atomic E-state index is 13.9. The zero-order valence-electron chi connectivity index (χ0n) is 13.2. The lowest BCUT2D eigenvalue weighted by Gasteiger charge is -2.04. The van der Waals surface area contributed by atoms with E-state index in [-0.39, 0.29) is 0 Å². The Morgan fingerprint density at radius 1 is 1.12 bits per heavy atom. The van der Waals surface area contributed by atoms with Crippen molar-refractivity contribution in [3.8, 4) is 23.7 Å². The van der Waals surface area contributed by atoms with Gasteiger partial charge in [-0.25, -0.2) is 4.39 Å². The summed E-state index contributed by atoms with van der Waals surface area (Å²) in [5.41, 5.74) is 1.72. The summed E-state index contributed by atoms with van der Waals surface area (Å²) in [6.45, 7) is 0. The minimum Gasteiger partial charge on any atom is -0.456 e. The number of alkyl halides is 1. The molecular formula is C21H13FN2O. The van der Waals surface area contributed by atoms with Gasteiger partial charge in [0.2, 0.25) is 0 Å². The molecule has 0 bridgehead atoms. The summed E-state index contributed by atoms with van der Waals surface area (Å²) in [7, 11) is 0. The van der Waals surface area contributed by atoms with Crippen molar-refractivity contribution < 1.29 is 9.13 Å². The van der Waals surface area contributed by atoms with E-state index in [4.69, 9.17) is 10.00 Å². The van der Waals surface area contributed by atoms with Crippen molar-refractivity contribution >= 4 is 0 Å². The summed E-state index contributed by atoms with van der Waals surface area (Å²) in [6.07, 6.45) is 8.03. The standard InChI is InChI=1S/C21H13FN2O/c22-19-8-9-20(25-21-5-2-10-24-15-21)13-17(12-19)7-6-16-3-1-4-18(11-16)14-23/h1-5,8-13,15,19H.